The molecular weight excluding hydrogens is 236 g/mol. The van der Waals surface area contributed by atoms with Gasteiger partial charge in [0.15, 0.2) is 12.6 Å². The second-order valence-electron chi connectivity index (χ2n) is 3.90. The predicted molar refractivity (Wildman–Crippen MR) is 64.2 cm³/mol. The number of benzene rings is 1. The fraction of sp³-hybridized carbons (Fsp3) is 0.385. The Hall–Kier alpha value is -1.88. The summed E-state index contributed by atoms with van der Waals surface area (Å²) in [6.07, 6.45) is -0.863. The van der Waals surface area contributed by atoms with Gasteiger partial charge >= 0.3 is 6.16 Å². The Kier molecular flexibility index (Phi) is 5.87. The maximum absolute atomic E-state index is 11.2. The monoisotopic (exact) mass is 252 g/mol. The molecule has 98 valence electrons. The first-order valence-electron chi connectivity index (χ1n) is 5.59. The van der Waals surface area contributed by atoms with Gasteiger partial charge in [-0.3, -0.25) is 4.79 Å². The van der Waals surface area contributed by atoms with Gasteiger partial charge < -0.3 is 14.2 Å². The van der Waals surface area contributed by atoms with Crippen LogP contribution in [0, 0.1) is 5.92 Å². The molecule has 0 radical (unpaired) electrons. The van der Waals surface area contributed by atoms with E-state index in [0.29, 0.717) is 5.75 Å². The minimum Gasteiger partial charge on any atom is -0.407 e. The highest BCUT2D eigenvalue weighted by Gasteiger charge is 2.09. The van der Waals surface area contributed by atoms with Gasteiger partial charge in [-0.15, -0.1) is 0 Å². The van der Waals surface area contributed by atoms with Crippen LogP contribution in [0.25, 0.3) is 0 Å². The molecular formula is C13H16O5. The fourth-order valence-corrected chi connectivity index (χ4v) is 1.01. The molecule has 0 amide bonds. The zero-order chi connectivity index (χ0) is 13.4. The van der Waals surface area contributed by atoms with E-state index in [-0.39, 0.29) is 25.1 Å². The van der Waals surface area contributed by atoms with Crippen molar-refractivity contribution in [2.75, 3.05) is 13.4 Å². The van der Waals surface area contributed by atoms with Gasteiger partial charge in [0.2, 0.25) is 0 Å². The Labute approximate surface area is 106 Å². The van der Waals surface area contributed by atoms with Gasteiger partial charge in [0, 0.05) is 5.92 Å². The van der Waals surface area contributed by atoms with Gasteiger partial charge in [-0.2, -0.15) is 0 Å². The predicted octanol–water partition coefficient (Wildman–Crippen LogP) is 2.40. The highest BCUT2D eigenvalue weighted by atomic mass is 16.8. The van der Waals surface area contributed by atoms with Crippen molar-refractivity contribution in [2.45, 2.75) is 13.8 Å². The molecule has 1 aromatic carbocycles. The van der Waals surface area contributed by atoms with Crippen LogP contribution in [0.3, 0.4) is 0 Å². The molecule has 5 nitrogen and oxygen atoms in total. The second kappa shape index (κ2) is 7.45. The van der Waals surface area contributed by atoms with E-state index >= 15 is 0 Å². The molecule has 18 heavy (non-hydrogen) atoms. The van der Waals surface area contributed by atoms with Gasteiger partial charge in [-0.25, -0.2) is 4.79 Å². The highest BCUT2D eigenvalue weighted by molar-refractivity contribution is 5.81. The van der Waals surface area contributed by atoms with E-state index in [2.05, 4.69) is 4.74 Å². The molecule has 1 aromatic rings. The van der Waals surface area contributed by atoms with Gasteiger partial charge in [0.25, 0.3) is 0 Å². The molecule has 0 aromatic heterocycles. The molecule has 1 rings (SSSR count). The van der Waals surface area contributed by atoms with Crippen molar-refractivity contribution in [2.24, 2.45) is 5.92 Å². The van der Waals surface area contributed by atoms with Gasteiger partial charge in [-0.1, -0.05) is 32.0 Å². The van der Waals surface area contributed by atoms with Crippen LogP contribution in [0.2, 0.25) is 0 Å². The van der Waals surface area contributed by atoms with Crippen molar-refractivity contribution in [1.82, 2.24) is 0 Å². The van der Waals surface area contributed by atoms with Crippen LogP contribution in [0.4, 0.5) is 4.79 Å². The van der Waals surface area contributed by atoms with Gasteiger partial charge in [-0.05, 0) is 12.1 Å². The lowest BCUT2D eigenvalue weighted by atomic mass is 10.1. The number of carbonyl (C=O) groups excluding carboxylic acids is 2. The molecule has 5 heteroatoms. The Morgan fingerprint density at radius 2 is 1.83 bits per heavy atom. The third-order valence-electron chi connectivity index (χ3n) is 2.09. The molecule has 0 aliphatic carbocycles. The van der Waals surface area contributed by atoms with Crippen LogP contribution < -0.4 is 4.74 Å². The second-order valence-corrected chi connectivity index (χ2v) is 3.90. The van der Waals surface area contributed by atoms with Crippen molar-refractivity contribution in [3.63, 3.8) is 0 Å². The van der Waals surface area contributed by atoms with Crippen molar-refractivity contribution in [1.29, 1.82) is 0 Å². The first kappa shape index (κ1) is 14.2. The number of ketones is 1. The smallest absolute Gasteiger partial charge is 0.407 e. The highest BCUT2D eigenvalue weighted by Crippen LogP contribution is 2.08. The molecule has 0 atom stereocenters. The molecule has 0 fully saturated rings. The average Bonchev–Trinajstić information content (AvgIpc) is 2.35. The van der Waals surface area contributed by atoms with E-state index in [1.54, 1.807) is 44.2 Å². The van der Waals surface area contributed by atoms with Crippen molar-refractivity contribution < 1.29 is 23.8 Å². The minimum atomic E-state index is -0.863. The Bertz CT molecular complexity index is 386. The number of para-hydroxylation sites is 1. The number of hydrogen-bond acceptors (Lipinski definition) is 5. The first-order valence-corrected chi connectivity index (χ1v) is 5.59. The van der Waals surface area contributed by atoms with Crippen LogP contribution >= 0.6 is 0 Å². The maximum atomic E-state index is 11.2. The van der Waals surface area contributed by atoms with Crippen molar-refractivity contribution in [3.8, 4) is 5.75 Å². The lowest BCUT2D eigenvalue weighted by molar-refractivity contribution is -0.130. The summed E-state index contributed by atoms with van der Waals surface area (Å²) in [5.41, 5.74) is 0. The van der Waals surface area contributed by atoms with Crippen LogP contribution in [0.5, 0.6) is 5.75 Å². The summed E-state index contributed by atoms with van der Waals surface area (Å²) >= 11 is 0. The number of rotatable bonds is 6. The summed E-state index contributed by atoms with van der Waals surface area (Å²) in [4.78, 5) is 22.4. The van der Waals surface area contributed by atoms with E-state index in [0.717, 1.165) is 0 Å². The van der Waals surface area contributed by atoms with Crippen LogP contribution in [-0.4, -0.2) is 25.3 Å². The maximum Gasteiger partial charge on any atom is 0.515 e. The molecule has 0 spiro atoms. The van der Waals surface area contributed by atoms with E-state index in [9.17, 15) is 9.59 Å². The van der Waals surface area contributed by atoms with Crippen LogP contribution in [0.1, 0.15) is 13.8 Å². The molecule has 0 heterocycles. The van der Waals surface area contributed by atoms with E-state index in [1.165, 1.54) is 0 Å². The average molecular weight is 252 g/mol. The van der Waals surface area contributed by atoms with E-state index in [1.807, 2.05) is 0 Å². The van der Waals surface area contributed by atoms with E-state index in [4.69, 9.17) is 9.47 Å². The lowest BCUT2D eigenvalue weighted by Crippen LogP contribution is -2.18. The summed E-state index contributed by atoms with van der Waals surface area (Å²) < 4.78 is 14.4. The molecule has 0 saturated heterocycles. The summed E-state index contributed by atoms with van der Waals surface area (Å²) in [5.74, 6) is 0.247. The summed E-state index contributed by atoms with van der Waals surface area (Å²) in [6, 6.07) is 8.54. The normalized spacial score (nSPS) is 10.2. The topological polar surface area (TPSA) is 61.8 Å². The summed E-state index contributed by atoms with van der Waals surface area (Å²) in [6.45, 7) is 3.17. The lowest BCUT2D eigenvalue weighted by Gasteiger charge is -2.07. The van der Waals surface area contributed by atoms with Crippen LogP contribution in [0.15, 0.2) is 30.3 Å². The van der Waals surface area contributed by atoms with Crippen LogP contribution in [-0.2, 0) is 14.3 Å². The molecule has 0 aliphatic rings. The zero-order valence-electron chi connectivity index (χ0n) is 10.4. The quantitative estimate of drug-likeness (QED) is 0.337. The molecule has 0 bridgehead atoms. The summed E-state index contributed by atoms with van der Waals surface area (Å²) in [7, 11) is 0. The molecule has 0 saturated carbocycles. The minimum absolute atomic E-state index is 0.0463. The fourth-order valence-electron chi connectivity index (χ4n) is 1.01. The molecule has 0 unspecified atom stereocenters. The van der Waals surface area contributed by atoms with Crippen molar-refractivity contribution >= 4 is 11.9 Å². The Balaban J connectivity index is 2.16. The Morgan fingerprint density at radius 3 is 2.44 bits per heavy atom. The molecule has 0 aliphatic heterocycles. The first-order chi connectivity index (χ1) is 8.59. The third kappa shape index (κ3) is 5.45. The molecule has 0 N–H and O–H groups in total. The SMILES string of the molecule is CC(C)C(=O)COCOC(=O)Oc1ccccc1. The van der Waals surface area contributed by atoms with Gasteiger partial charge in [0.05, 0.1) is 0 Å². The van der Waals surface area contributed by atoms with Gasteiger partial charge in [0.1, 0.15) is 12.4 Å². The number of ether oxygens (including phenoxy) is 3. The zero-order valence-corrected chi connectivity index (χ0v) is 10.4. The Morgan fingerprint density at radius 1 is 1.17 bits per heavy atom. The van der Waals surface area contributed by atoms with Crippen molar-refractivity contribution in [3.05, 3.63) is 30.3 Å². The van der Waals surface area contributed by atoms with E-state index < -0.39 is 6.16 Å². The standard InChI is InChI=1S/C13H16O5/c1-10(2)12(14)8-16-9-17-13(15)18-11-6-4-3-5-7-11/h3-7,10H,8-9H2,1-2H3. The number of Topliss-reactive ketones (excluding diaryl/α,β-unsaturated/α-hetero) is 1. The largest absolute Gasteiger partial charge is 0.515 e. The number of hydrogen-bond donors (Lipinski definition) is 0. The number of carbonyl (C=O) groups is 2. The third-order valence-corrected chi connectivity index (χ3v) is 2.09. The summed E-state index contributed by atoms with van der Waals surface area (Å²) in [5, 5.41) is 0.